The van der Waals surface area contributed by atoms with Crippen molar-refractivity contribution in [3.63, 3.8) is 0 Å². The van der Waals surface area contributed by atoms with Gasteiger partial charge in [0.15, 0.2) is 0 Å². The third-order valence-corrected chi connectivity index (χ3v) is 5.02. The summed E-state index contributed by atoms with van der Waals surface area (Å²) in [6.45, 7) is 6.31. The number of imidazole rings is 1. The standard InChI is InChI=1S/C15H22N4S/c1-10-9-19(13-6-4-5-7-13)15(17-10)18-12(3)14-16-8-11(2)20-14/h8-9,12-13H,4-7H2,1-3H3,(H,17,18). The van der Waals surface area contributed by atoms with Crippen LogP contribution in [0.4, 0.5) is 5.95 Å². The van der Waals surface area contributed by atoms with E-state index in [1.807, 2.05) is 6.20 Å². The molecule has 20 heavy (non-hydrogen) atoms. The van der Waals surface area contributed by atoms with Crippen LogP contribution in [0.15, 0.2) is 12.4 Å². The molecule has 2 aromatic heterocycles. The molecule has 0 saturated heterocycles. The predicted octanol–water partition coefficient (Wildman–Crippen LogP) is 4.24. The van der Waals surface area contributed by atoms with Crippen LogP contribution in [0.1, 0.15) is 60.3 Å². The summed E-state index contributed by atoms with van der Waals surface area (Å²) in [5.41, 5.74) is 1.09. The van der Waals surface area contributed by atoms with Crippen LogP contribution in [0.2, 0.25) is 0 Å². The molecule has 1 saturated carbocycles. The van der Waals surface area contributed by atoms with E-state index in [4.69, 9.17) is 0 Å². The summed E-state index contributed by atoms with van der Waals surface area (Å²) in [5, 5.41) is 4.66. The predicted molar refractivity (Wildman–Crippen MR) is 83.4 cm³/mol. The molecular formula is C15H22N4S. The molecule has 0 amide bonds. The van der Waals surface area contributed by atoms with Crippen LogP contribution in [-0.4, -0.2) is 14.5 Å². The lowest BCUT2D eigenvalue weighted by Gasteiger charge is -2.18. The number of nitrogens with one attached hydrogen (secondary N) is 1. The molecule has 108 valence electrons. The second kappa shape index (κ2) is 5.56. The number of nitrogens with zero attached hydrogens (tertiary/aromatic N) is 3. The fraction of sp³-hybridized carbons (Fsp3) is 0.600. The van der Waals surface area contributed by atoms with Gasteiger partial charge < -0.3 is 9.88 Å². The van der Waals surface area contributed by atoms with E-state index in [2.05, 4.69) is 46.8 Å². The largest absolute Gasteiger partial charge is 0.347 e. The fourth-order valence-corrected chi connectivity index (χ4v) is 3.69. The number of rotatable bonds is 4. The second-order valence-corrected chi connectivity index (χ2v) is 6.99. The molecule has 4 nitrogen and oxygen atoms in total. The number of thiazole rings is 1. The quantitative estimate of drug-likeness (QED) is 0.915. The van der Waals surface area contributed by atoms with Crippen LogP contribution in [0.25, 0.3) is 0 Å². The van der Waals surface area contributed by atoms with Gasteiger partial charge in [-0.15, -0.1) is 11.3 Å². The highest BCUT2D eigenvalue weighted by atomic mass is 32.1. The Morgan fingerprint density at radius 2 is 2.10 bits per heavy atom. The zero-order valence-electron chi connectivity index (χ0n) is 12.4. The molecule has 0 spiro atoms. The van der Waals surface area contributed by atoms with Crippen LogP contribution in [0.5, 0.6) is 0 Å². The summed E-state index contributed by atoms with van der Waals surface area (Å²) < 4.78 is 2.33. The van der Waals surface area contributed by atoms with E-state index in [0.717, 1.165) is 16.6 Å². The van der Waals surface area contributed by atoms with Crippen LogP contribution in [0, 0.1) is 13.8 Å². The molecule has 1 N–H and O–H groups in total. The van der Waals surface area contributed by atoms with Crippen LogP contribution in [-0.2, 0) is 0 Å². The fourth-order valence-electron chi connectivity index (χ4n) is 2.91. The van der Waals surface area contributed by atoms with Crippen molar-refractivity contribution in [1.29, 1.82) is 0 Å². The number of aromatic nitrogens is 3. The van der Waals surface area contributed by atoms with Crippen molar-refractivity contribution in [2.24, 2.45) is 0 Å². The van der Waals surface area contributed by atoms with Gasteiger partial charge in [-0.1, -0.05) is 12.8 Å². The number of hydrogen-bond acceptors (Lipinski definition) is 4. The Kier molecular flexibility index (Phi) is 3.78. The summed E-state index contributed by atoms with van der Waals surface area (Å²) in [5.74, 6) is 0.995. The molecular weight excluding hydrogens is 268 g/mol. The smallest absolute Gasteiger partial charge is 0.203 e. The normalized spacial score (nSPS) is 17.6. The van der Waals surface area contributed by atoms with Gasteiger partial charge in [0.05, 0.1) is 11.7 Å². The minimum absolute atomic E-state index is 0.204. The summed E-state index contributed by atoms with van der Waals surface area (Å²) >= 11 is 1.75. The average Bonchev–Trinajstić information content (AvgIpc) is 3.09. The molecule has 2 aromatic rings. The van der Waals surface area contributed by atoms with Crippen LogP contribution >= 0.6 is 11.3 Å². The highest BCUT2D eigenvalue weighted by Crippen LogP contribution is 2.33. The van der Waals surface area contributed by atoms with Crippen molar-refractivity contribution in [2.75, 3.05) is 5.32 Å². The second-order valence-electron chi connectivity index (χ2n) is 5.73. The highest BCUT2D eigenvalue weighted by molar-refractivity contribution is 7.11. The highest BCUT2D eigenvalue weighted by Gasteiger charge is 2.21. The van der Waals surface area contributed by atoms with E-state index in [0.29, 0.717) is 6.04 Å². The van der Waals surface area contributed by atoms with Gasteiger partial charge in [-0.05, 0) is 33.6 Å². The summed E-state index contributed by atoms with van der Waals surface area (Å²) in [6, 6.07) is 0.819. The maximum absolute atomic E-state index is 4.66. The van der Waals surface area contributed by atoms with Crippen LogP contribution < -0.4 is 5.32 Å². The van der Waals surface area contributed by atoms with Crippen molar-refractivity contribution in [3.05, 3.63) is 28.0 Å². The van der Waals surface area contributed by atoms with Gasteiger partial charge in [0.25, 0.3) is 0 Å². The van der Waals surface area contributed by atoms with E-state index in [1.54, 1.807) is 11.3 Å². The Morgan fingerprint density at radius 1 is 1.35 bits per heavy atom. The Hall–Kier alpha value is -1.36. The lowest BCUT2D eigenvalue weighted by molar-refractivity contribution is 0.520. The van der Waals surface area contributed by atoms with Crippen molar-refractivity contribution in [3.8, 4) is 0 Å². The van der Waals surface area contributed by atoms with Gasteiger partial charge >= 0.3 is 0 Å². The minimum Gasteiger partial charge on any atom is -0.347 e. The van der Waals surface area contributed by atoms with E-state index >= 15 is 0 Å². The van der Waals surface area contributed by atoms with Gasteiger partial charge in [-0.3, -0.25) is 0 Å². The van der Waals surface area contributed by atoms with E-state index in [1.165, 1.54) is 30.6 Å². The Balaban J connectivity index is 1.79. The zero-order valence-corrected chi connectivity index (χ0v) is 13.2. The topological polar surface area (TPSA) is 42.7 Å². The van der Waals surface area contributed by atoms with E-state index in [-0.39, 0.29) is 6.04 Å². The molecule has 1 aliphatic carbocycles. The number of aryl methyl sites for hydroxylation is 2. The van der Waals surface area contributed by atoms with Crippen LogP contribution in [0.3, 0.4) is 0 Å². The first-order valence-corrected chi connectivity index (χ1v) is 8.19. The van der Waals surface area contributed by atoms with Crippen molar-refractivity contribution < 1.29 is 0 Å². The Morgan fingerprint density at radius 3 is 2.75 bits per heavy atom. The van der Waals surface area contributed by atoms with E-state index in [9.17, 15) is 0 Å². The molecule has 2 heterocycles. The SMILES string of the molecule is Cc1cn(C2CCCC2)c(NC(C)c2ncc(C)s2)n1. The maximum atomic E-state index is 4.66. The molecule has 1 aliphatic rings. The van der Waals surface area contributed by atoms with Gasteiger partial charge in [-0.2, -0.15) is 0 Å². The summed E-state index contributed by atoms with van der Waals surface area (Å²) in [7, 11) is 0. The average molecular weight is 290 g/mol. The molecule has 0 aliphatic heterocycles. The summed E-state index contributed by atoms with van der Waals surface area (Å²) in [4.78, 5) is 10.4. The van der Waals surface area contributed by atoms with Crippen molar-refractivity contribution in [2.45, 2.75) is 58.5 Å². The molecule has 0 bridgehead atoms. The Labute approximate surface area is 124 Å². The van der Waals surface area contributed by atoms with E-state index < -0.39 is 0 Å². The zero-order chi connectivity index (χ0) is 14.1. The molecule has 3 rings (SSSR count). The van der Waals surface area contributed by atoms with Gasteiger partial charge in [0, 0.05) is 23.3 Å². The third kappa shape index (κ3) is 2.73. The van der Waals surface area contributed by atoms with Gasteiger partial charge in [-0.25, -0.2) is 9.97 Å². The molecule has 1 atom stereocenters. The van der Waals surface area contributed by atoms with Crippen molar-refractivity contribution in [1.82, 2.24) is 14.5 Å². The monoisotopic (exact) mass is 290 g/mol. The van der Waals surface area contributed by atoms with Crippen molar-refractivity contribution >= 4 is 17.3 Å². The third-order valence-electron chi connectivity index (χ3n) is 3.93. The molecule has 0 aromatic carbocycles. The first kappa shape index (κ1) is 13.6. The molecule has 0 radical (unpaired) electrons. The van der Waals surface area contributed by atoms with Gasteiger partial charge in [0.1, 0.15) is 5.01 Å². The summed E-state index contributed by atoms with van der Waals surface area (Å²) in [6.07, 6.45) is 9.33. The molecule has 1 fully saturated rings. The minimum atomic E-state index is 0.204. The maximum Gasteiger partial charge on any atom is 0.203 e. The number of anilines is 1. The number of hydrogen-bond donors (Lipinski definition) is 1. The first-order chi connectivity index (χ1) is 9.63. The molecule has 5 heteroatoms. The first-order valence-electron chi connectivity index (χ1n) is 7.38. The lowest BCUT2D eigenvalue weighted by Crippen LogP contribution is -2.13. The Bertz CT molecular complexity index is 580. The van der Waals surface area contributed by atoms with Gasteiger partial charge in [0.2, 0.25) is 5.95 Å². The lowest BCUT2D eigenvalue weighted by atomic mass is 10.2. The molecule has 1 unspecified atom stereocenters.